The molecular formula is C12H16F3NO3. The molecule has 0 aromatic heterocycles. The zero-order chi connectivity index (χ0) is 14.5. The fourth-order valence-corrected chi connectivity index (χ4v) is 1.50. The van der Waals surface area contributed by atoms with E-state index in [1.54, 1.807) is 0 Å². The van der Waals surface area contributed by atoms with E-state index in [2.05, 4.69) is 5.32 Å². The second kappa shape index (κ2) is 6.63. The molecule has 0 aliphatic heterocycles. The third kappa shape index (κ3) is 4.29. The summed E-state index contributed by atoms with van der Waals surface area (Å²) in [5.41, 5.74) is -0.842. The predicted octanol–water partition coefficient (Wildman–Crippen LogP) is 2.74. The summed E-state index contributed by atoms with van der Waals surface area (Å²) in [6.07, 6.45) is -5.09. The van der Waals surface area contributed by atoms with E-state index in [1.165, 1.54) is 33.5 Å². The second-order valence-corrected chi connectivity index (χ2v) is 3.69. The second-order valence-electron chi connectivity index (χ2n) is 3.69. The molecule has 0 atom stereocenters. The number of ether oxygens (including phenoxy) is 3. The average molecular weight is 279 g/mol. The largest absolute Gasteiger partial charge is 0.497 e. The lowest BCUT2D eigenvalue weighted by Crippen LogP contribution is -2.24. The first-order valence-electron chi connectivity index (χ1n) is 5.47. The predicted molar refractivity (Wildman–Crippen MR) is 64.3 cm³/mol. The molecule has 0 radical (unpaired) electrons. The van der Waals surface area contributed by atoms with Crippen molar-refractivity contribution in [2.45, 2.75) is 12.5 Å². The first kappa shape index (κ1) is 15.6. The van der Waals surface area contributed by atoms with Gasteiger partial charge in [0, 0.05) is 19.9 Å². The van der Waals surface area contributed by atoms with Crippen LogP contribution in [0.3, 0.4) is 0 Å². The third-order valence-electron chi connectivity index (χ3n) is 2.52. The van der Waals surface area contributed by atoms with E-state index >= 15 is 0 Å². The van der Waals surface area contributed by atoms with E-state index in [4.69, 9.17) is 14.2 Å². The van der Waals surface area contributed by atoms with Gasteiger partial charge in [-0.05, 0) is 18.2 Å². The minimum Gasteiger partial charge on any atom is -0.497 e. The van der Waals surface area contributed by atoms with Crippen LogP contribution < -0.4 is 10.1 Å². The molecule has 0 fully saturated rings. The van der Waals surface area contributed by atoms with Gasteiger partial charge in [0.15, 0.2) is 6.29 Å². The van der Waals surface area contributed by atoms with Gasteiger partial charge in [0.25, 0.3) is 0 Å². The maximum Gasteiger partial charge on any atom is 0.418 e. The number of nitrogens with one attached hydrogen (secondary N) is 1. The van der Waals surface area contributed by atoms with E-state index in [0.29, 0.717) is 0 Å². The van der Waals surface area contributed by atoms with E-state index in [9.17, 15) is 13.2 Å². The number of rotatable bonds is 6. The summed E-state index contributed by atoms with van der Waals surface area (Å²) >= 11 is 0. The van der Waals surface area contributed by atoms with E-state index < -0.39 is 18.0 Å². The fourth-order valence-electron chi connectivity index (χ4n) is 1.50. The van der Waals surface area contributed by atoms with Crippen LogP contribution in [0, 0.1) is 0 Å². The minimum atomic E-state index is -4.47. The van der Waals surface area contributed by atoms with Gasteiger partial charge in [-0.25, -0.2) is 0 Å². The van der Waals surface area contributed by atoms with Crippen molar-refractivity contribution in [2.75, 3.05) is 33.2 Å². The van der Waals surface area contributed by atoms with Crippen molar-refractivity contribution in [2.24, 2.45) is 0 Å². The van der Waals surface area contributed by atoms with E-state index in [0.717, 1.165) is 6.07 Å². The number of hydrogen-bond acceptors (Lipinski definition) is 4. The minimum absolute atomic E-state index is 0.0487. The maximum absolute atomic E-state index is 12.9. The summed E-state index contributed by atoms with van der Waals surface area (Å²) in [6.45, 7) is 0.0996. The van der Waals surface area contributed by atoms with Crippen molar-refractivity contribution < 1.29 is 27.4 Å². The number of hydrogen-bond donors (Lipinski definition) is 1. The number of halogens is 3. The molecule has 0 aliphatic carbocycles. The smallest absolute Gasteiger partial charge is 0.418 e. The Hall–Kier alpha value is -1.47. The van der Waals surface area contributed by atoms with Gasteiger partial charge in [0.05, 0.1) is 19.2 Å². The van der Waals surface area contributed by atoms with Crippen molar-refractivity contribution in [3.63, 3.8) is 0 Å². The van der Waals surface area contributed by atoms with Crippen molar-refractivity contribution in [3.8, 4) is 5.75 Å². The van der Waals surface area contributed by atoms with Gasteiger partial charge in [-0.2, -0.15) is 13.2 Å². The van der Waals surface area contributed by atoms with Gasteiger partial charge in [-0.15, -0.1) is 0 Å². The third-order valence-corrected chi connectivity index (χ3v) is 2.52. The summed E-state index contributed by atoms with van der Waals surface area (Å²) in [5, 5.41) is 2.65. The van der Waals surface area contributed by atoms with E-state index in [1.807, 2.05) is 0 Å². The molecule has 0 unspecified atom stereocenters. The van der Waals surface area contributed by atoms with Crippen LogP contribution in [0.5, 0.6) is 5.75 Å². The lowest BCUT2D eigenvalue weighted by atomic mass is 10.1. The highest BCUT2D eigenvalue weighted by molar-refractivity contribution is 5.55. The number of alkyl halides is 3. The molecule has 0 amide bonds. The molecule has 0 heterocycles. The molecule has 0 saturated heterocycles. The molecule has 19 heavy (non-hydrogen) atoms. The lowest BCUT2D eigenvalue weighted by Gasteiger charge is -2.18. The van der Waals surface area contributed by atoms with Crippen molar-refractivity contribution in [3.05, 3.63) is 23.8 Å². The topological polar surface area (TPSA) is 39.7 Å². The number of benzene rings is 1. The molecule has 0 saturated carbocycles. The summed E-state index contributed by atoms with van der Waals surface area (Å²) in [5.74, 6) is 0.146. The van der Waals surface area contributed by atoms with Gasteiger partial charge in [-0.1, -0.05) is 0 Å². The summed E-state index contributed by atoms with van der Waals surface area (Å²) < 4.78 is 53.3. The van der Waals surface area contributed by atoms with Gasteiger partial charge < -0.3 is 19.5 Å². The Bertz CT molecular complexity index is 406. The maximum atomic E-state index is 12.9. The Kier molecular flexibility index (Phi) is 5.44. The Balaban J connectivity index is 2.93. The highest BCUT2D eigenvalue weighted by Gasteiger charge is 2.34. The van der Waals surface area contributed by atoms with Crippen LogP contribution >= 0.6 is 0 Å². The van der Waals surface area contributed by atoms with Gasteiger partial charge in [-0.3, -0.25) is 0 Å². The van der Waals surface area contributed by atoms with Crippen LogP contribution in [0.2, 0.25) is 0 Å². The van der Waals surface area contributed by atoms with Crippen molar-refractivity contribution in [1.29, 1.82) is 0 Å². The highest BCUT2D eigenvalue weighted by atomic mass is 19.4. The lowest BCUT2D eigenvalue weighted by molar-refractivity contribution is -0.137. The summed E-state index contributed by atoms with van der Waals surface area (Å²) in [7, 11) is 4.14. The van der Waals surface area contributed by atoms with Gasteiger partial charge in [0.2, 0.25) is 0 Å². The quantitative estimate of drug-likeness (QED) is 0.813. The Labute approximate surface area is 109 Å². The van der Waals surface area contributed by atoms with Crippen molar-refractivity contribution >= 4 is 5.69 Å². The van der Waals surface area contributed by atoms with Crippen LogP contribution in [-0.4, -0.2) is 34.2 Å². The molecule has 0 spiro atoms. The zero-order valence-electron chi connectivity index (χ0n) is 10.9. The van der Waals surface area contributed by atoms with Gasteiger partial charge in [0.1, 0.15) is 5.75 Å². The van der Waals surface area contributed by atoms with Crippen LogP contribution in [0.15, 0.2) is 18.2 Å². The SMILES string of the molecule is COc1ccc(NCC(OC)OC)c(C(F)(F)F)c1. The van der Waals surface area contributed by atoms with Crippen molar-refractivity contribution in [1.82, 2.24) is 0 Å². The monoisotopic (exact) mass is 279 g/mol. The zero-order valence-corrected chi connectivity index (χ0v) is 10.9. The Morgan fingerprint density at radius 3 is 2.26 bits per heavy atom. The standard InChI is InChI=1S/C12H16F3NO3/c1-17-8-4-5-10(9(6-8)12(13,14)15)16-7-11(18-2)19-3/h4-6,11,16H,7H2,1-3H3. The molecule has 4 nitrogen and oxygen atoms in total. The Morgan fingerprint density at radius 2 is 1.79 bits per heavy atom. The summed E-state index contributed by atoms with van der Waals surface area (Å²) in [4.78, 5) is 0. The average Bonchev–Trinajstić information content (AvgIpc) is 2.39. The van der Waals surface area contributed by atoms with Crippen LogP contribution in [0.4, 0.5) is 18.9 Å². The first-order valence-corrected chi connectivity index (χ1v) is 5.47. The molecule has 0 aliphatic rings. The van der Waals surface area contributed by atoms with Crippen LogP contribution in [0.1, 0.15) is 5.56 Å². The molecule has 1 aromatic carbocycles. The highest BCUT2D eigenvalue weighted by Crippen LogP contribution is 2.37. The van der Waals surface area contributed by atoms with Crippen LogP contribution in [0.25, 0.3) is 0 Å². The molecule has 7 heteroatoms. The normalized spacial score (nSPS) is 11.7. The van der Waals surface area contributed by atoms with Gasteiger partial charge >= 0.3 is 6.18 Å². The molecule has 1 aromatic rings. The summed E-state index contributed by atoms with van der Waals surface area (Å²) in [6, 6.07) is 3.70. The molecule has 1 rings (SSSR count). The van der Waals surface area contributed by atoms with E-state index in [-0.39, 0.29) is 18.0 Å². The Morgan fingerprint density at radius 1 is 1.16 bits per heavy atom. The number of anilines is 1. The number of methoxy groups -OCH3 is 3. The molecular weight excluding hydrogens is 263 g/mol. The first-order chi connectivity index (χ1) is 8.92. The fraction of sp³-hybridized carbons (Fsp3) is 0.500. The molecule has 1 N–H and O–H groups in total. The van der Waals surface area contributed by atoms with Crippen LogP contribution in [-0.2, 0) is 15.7 Å². The molecule has 108 valence electrons. The molecule has 0 bridgehead atoms.